The zero-order valence-electron chi connectivity index (χ0n) is 34.8. The van der Waals surface area contributed by atoms with E-state index >= 15 is 0 Å². The lowest BCUT2D eigenvalue weighted by molar-refractivity contribution is -0.0617. The maximum Gasteiger partial charge on any atom is 0.352 e. The van der Waals surface area contributed by atoms with E-state index in [1.54, 1.807) is 11.6 Å². The number of halogens is 1. The fourth-order valence-corrected chi connectivity index (χ4v) is 8.50. The van der Waals surface area contributed by atoms with Crippen molar-refractivity contribution >= 4 is 39.2 Å². The predicted molar refractivity (Wildman–Crippen MR) is 228 cm³/mol. The minimum atomic E-state index is -0.943. The van der Waals surface area contributed by atoms with Gasteiger partial charge >= 0.3 is 5.97 Å². The number of benzene rings is 3. The van der Waals surface area contributed by atoms with Gasteiger partial charge in [0.2, 0.25) is 0 Å². The highest BCUT2D eigenvalue weighted by molar-refractivity contribution is 6.32. The van der Waals surface area contributed by atoms with Crippen LogP contribution in [0, 0.1) is 18.3 Å². The molecule has 3 heterocycles. The number of carboxylic acids is 1. The molecule has 0 amide bonds. The van der Waals surface area contributed by atoms with E-state index < -0.39 is 5.97 Å². The third-order valence-corrected chi connectivity index (χ3v) is 12.5. The molecule has 11 nitrogen and oxygen atoms in total. The second-order valence-electron chi connectivity index (χ2n) is 16.2. The Kier molecular flexibility index (Phi) is 14.4. The van der Waals surface area contributed by atoms with Gasteiger partial charge in [-0.05, 0) is 105 Å². The molecule has 0 unspecified atom stereocenters. The van der Waals surface area contributed by atoms with Crippen molar-refractivity contribution in [3.05, 3.63) is 93.4 Å². The molecule has 57 heavy (non-hydrogen) atoms. The van der Waals surface area contributed by atoms with Crippen LogP contribution in [0.5, 0.6) is 5.75 Å². The summed E-state index contributed by atoms with van der Waals surface area (Å²) < 4.78 is 22.2. The van der Waals surface area contributed by atoms with Gasteiger partial charge in [0.1, 0.15) is 17.7 Å². The molecular formula is C45H61ClN6O5. The van der Waals surface area contributed by atoms with Crippen molar-refractivity contribution in [3.63, 3.8) is 0 Å². The Labute approximate surface area is 342 Å². The summed E-state index contributed by atoms with van der Waals surface area (Å²) in [7, 11) is 5.68. The fraction of sp³-hybridized carbons (Fsp3) is 0.511. The van der Waals surface area contributed by atoms with Crippen molar-refractivity contribution in [3.8, 4) is 5.75 Å². The summed E-state index contributed by atoms with van der Waals surface area (Å²) in [5.41, 5.74) is 12.6. The van der Waals surface area contributed by atoms with Crippen LogP contribution in [0.1, 0.15) is 78.6 Å². The molecule has 3 aromatic carbocycles. The fourth-order valence-electron chi connectivity index (χ4n) is 8.35. The van der Waals surface area contributed by atoms with E-state index in [4.69, 9.17) is 30.9 Å². The van der Waals surface area contributed by atoms with Crippen molar-refractivity contribution in [2.45, 2.75) is 79.1 Å². The highest BCUT2D eigenvalue weighted by atomic mass is 35.5. The van der Waals surface area contributed by atoms with Crippen LogP contribution in [0.3, 0.4) is 0 Å². The normalized spacial score (nSPS) is 15.1. The number of ether oxygens (including phenoxy) is 3. The van der Waals surface area contributed by atoms with Gasteiger partial charge in [-0.1, -0.05) is 68.8 Å². The summed E-state index contributed by atoms with van der Waals surface area (Å²) in [6, 6.07) is 18.6. The number of morpholine rings is 1. The summed E-state index contributed by atoms with van der Waals surface area (Å²) in [6.45, 7) is 14.6. The second kappa shape index (κ2) is 19.2. The number of aromatic nitrogens is 3. The van der Waals surface area contributed by atoms with E-state index in [1.807, 2.05) is 43.9 Å². The number of hydrazine groups is 1. The third kappa shape index (κ3) is 10.2. The highest BCUT2D eigenvalue weighted by Crippen LogP contribution is 2.36. The molecule has 0 aliphatic carbocycles. The Morgan fingerprint density at radius 3 is 2.56 bits per heavy atom. The molecule has 5 aromatic rings. The van der Waals surface area contributed by atoms with Crippen molar-refractivity contribution in [2.24, 2.45) is 25.4 Å². The first-order valence-corrected chi connectivity index (χ1v) is 20.8. The molecule has 0 bridgehead atoms. The van der Waals surface area contributed by atoms with Crippen molar-refractivity contribution in [1.82, 2.24) is 30.1 Å². The van der Waals surface area contributed by atoms with Crippen LogP contribution in [0.25, 0.3) is 21.7 Å². The predicted octanol–water partition coefficient (Wildman–Crippen LogP) is 7.86. The Bertz CT molecular complexity index is 2140. The smallest absolute Gasteiger partial charge is 0.352 e. The van der Waals surface area contributed by atoms with Crippen LogP contribution in [-0.2, 0) is 49.4 Å². The summed E-state index contributed by atoms with van der Waals surface area (Å²) in [5, 5.41) is 18.7. The van der Waals surface area contributed by atoms with Crippen molar-refractivity contribution < 1.29 is 24.1 Å². The molecule has 0 saturated carbocycles. The number of hydrogen-bond donors (Lipinski definition) is 3. The van der Waals surface area contributed by atoms with E-state index in [2.05, 4.69) is 72.9 Å². The zero-order valence-corrected chi connectivity index (χ0v) is 35.5. The summed E-state index contributed by atoms with van der Waals surface area (Å²) >= 11 is 6.41. The Morgan fingerprint density at radius 1 is 1.04 bits per heavy atom. The van der Waals surface area contributed by atoms with Crippen LogP contribution in [0.4, 0.5) is 0 Å². The lowest BCUT2D eigenvalue weighted by Gasteiger charge is -2.38. The lowest BCUT2D eigenvalue weighted by atomic mass is 9.75. The molecule has 3 N–H and O–H groups in total. The number of aromatic carboxylic acids is 1. The first kappa shape index (κ1) is 42.6. The van der Waals surface area contributed by atoms with E-state index in [9.17, 15) is 9.90 Å². The van der Waals surface area contributed by atoms with Gasteiger partial charge < -0.3 is 23.9 Å². The zero-order chi connectivity index (χ0) is 40.7. The van der Waals surface area contributed by atoms with E-state index in [0.29, 0.717) is 36.8 Å². The Hall–Kier alpha value is -3.97. The number of hydrogen-bond acceptors (Lipinski definition) is 8. The van der Waals surface area contributed by atoms with Crippen LogP contribution in [0.15, 0.2) is 54.6 Å². The first-order valence-electron chi connectivity index (χ1n) is 20.4. The molecule has 308 valence electrons. The largest absolute Gasteiger partial charge is 0.493 e. The molecule has 1 fully saturated rings. The Morgan fingerprint density at radius 2 is 1.81 bits per heavy atom. The monoisotopic (exact) mass is 800 g/mol. The van der Waals surface area contributed by atoms with Crippen molar-refractivity contribution in [2.75, 3.05) is 46.5 Å². The summed E-state index contributed by atoms with van der Waals surface area (Å²) in [5.74, 6) is 0.149. The van der Waals surface area contributed by atoms with Gasteiger partial charge in [0.25, 0.3) is 0 Å². The maximum atomic E-state index is 12.3. The van der Waals surface area contributed by atoms with Crippen LogP contribution >= 0.6 is 11.6 Å². The number of nitrogens with one attached hydrogen (secondary N) is 2. The minimum absolute atomic E-state index is 0.0770. The average Bonchev–Trinajstić information content (AvgIpc) is 3.70. The number of aryl methyl sites for hydroxylation is 6. The second-order valence-corrected chi connectivity index (χ2v) is 16.6. The molecule has 0 spiro atoms. The molecule has 6 rings (SSSR count). The average molecular weight is 801 g/mol. The molecule has 1 aliphatic heterocycles. The summed E-state index contributed by atoms with van der Waals surface area (Å²) in [4.78, 5) is 14.8. The molecular weight excluding hydrogens is 740 g/mol. The number of rotatable bonds is 20. The number of nitrogens with zero attached hydrogens (tertiary/aromatic N) is 4. The van der Waals surface area contributed by atoms with Gasteiger partial charge in [0, 0.05) is 54.6 Å². The molecule has 1 saturated heterocycles. The number of carbonyl (C=O) groups is 1. The molecule has 1 aliphatic rings. The third-order valence-electron chi connectivity index (χ3n) is 12.0. The number of fused-ring (bicyclic) bond motifs is 2. The van der Waals surface area contributed by atoms with Crippen LogP contribution in [0.2, 0.25) is 5.02 Å². The maximum absolute atomic E-state index is 12.3. The standard InChI is InChI=1S/C45H61ClN6O5/c1-30-39(46)18-17-38-37(42(44(53)54)50(6)41(30)38)14-10-23-56-40-27-32(26-33-12-8-9-13-36(33)40)15-16-35-28-34(49-51(35)7)29-57-43(48-47-5)31(2)45(3,4)19-11-20-52-21-24-55-25-22-52/h8-9,12-13,17-18,26-28,31,43,47-48H,10-11,14-16,19-25,29H2,1-7H3,(H,53,54)/t31-,43+/m1/s1. The Balaban J connectivity index is 1.06. The van der Waals surface area contributed by atoms with E-state index in [-0.39, 0.29) is 17.6 Å². The lowest BCUT2D eigenvalue weighted by Crippen LogP contribution is -2.48. The van der Waals surface area contributed by atoms with Gasteiger partial charge in [0.05, 0.1) is 37.6 Å². The molecule has 2 aromatic heterocycles. The number of carboxylic acid groups (broad SMARTS) is 1. The van der Waals surface area contributed by atoms with E-state index in [1.165, 1.54) is 5.56 Å². The minimum Gasteiger partial charge on any atom is -0.493 e. The van der Waals surface area contributed by atoms with Gasteiger partial charge in [-0.25, -0.2) is 10.2 Å². The van der Waals surface area contributed by atoms with Crippen LogP contribution < -0.4 is 15.6 Å². The highest BCUT2D eigenvalue weighted by Gasteiger charge is 2.33. The molecule has 0 radical (unpaired) electrons. The van der Waals surface area contributed by atoms with Gasteiger partial charge in [-0.2, -0.15) is 5.10 Å². The quantitative estimate of drug-likeness (QED) is 0.0411. The van der Waals surface area contributed by atoms with Gasteiger partial charge in [-0.15, -0.1) is 0 Å². The topological polar surface area (TPSA) is 115 Å². The molecule has 12 heteroatoms. The van der Waals surface area contributed by atoms with Crippen molar-refractivity contribution in [1.29, 1.82) is 0 Å². The summed E-state index contributed by atoms with van der Waals surface area (Å²) in [6.07, 6.45) is 4.95. The first-order chi connectivity index (χ1) is 27.4. The van der Waals surface area contributed by atoms with Gasteiger partial charge in [-0.3, -0.25) is 15.0 Å². The van der Waals surface area contributed by atoms with Crippen LogP contribution in [-0.4, -0.2) is 83.1 Å². The van der Waals surface area contributed by atoms with E-state index in [0.717, 1.165) is 108 Å². The molecule has 2 atom stereocenters. The van der Waals surface area contributed by atoms with Gasteiger partial charge in [0.15, 0.2) is 0 Å². The SMILES string of the molecule is CNN[C@@H](OCc1cc(CCc2cc(OCCCc3c(C(=O)O)n(C)c4c(C)c(Cl)ccc34)c3ccccc3c2)n(C)n1)[C@@H](C)C(C)(C)CCCN1CCOCC1.